The average Bonchev–Trinajstić information content (AvgIpc) is 3.12. The molecule has 0 aliphatic rings. The van der Waals surface area contributed by atoms with E-state index in [1.165, 1.54) is 45.6 Å². The smallest absolute Gasteiger partial charge is 0.243 e. The number of nitrogens with one attached hydrogen (secondary N) is 1. The van der Waals surface area contributed by atoms with Crippen LogP contribution in [0.5, 0.6) is 0 Å². The number of anilines is 1. The van der Waals surface area contributed by atoms with Crippen LogP contribution < -0.4 is 5.32 Å². The van der Waals surface area contributed by atoms with Crippen LogP contribution in [0.3, 0.4) is 0 Å². The van der Waals surface area contributed by atoms with Gasteiger partial charge in [0.05, 0.1) is 31.1 Å². The Bertz CT molecular complexity index is 1130. The summed E-state index contributed by atoms with van der Waals surface area (Å²) in [5.41, 5.74) is 1.17. The van der Waals surface area contributed by atoms with Crippen LogP contribution in [-0.2, 0) is 14.8 Å². The number of rotatable bonds is 8. The Labute approximate surface area is 189 Å². The first-order chi connectivity index (χ1) is 14.3. The summed E-state index contributed by atoms with van der Waals surface area (Å²) in [7, 11) is -3.65. The molecule has 1 amide bonds. The van der Waals surface area contributed by atoms with Gasteiger partial charge in [0.25, 0.3) is 0 Å². The molecule has 0 aliphatic carbocycles. The van der Waals surface area contributed by atoms with Gasteiger partial charge in [0.15, 0.2) is 4.34 Å². The molecule has 0 saturated carbocycles. The lowest BCUT2D eigenvalue weighted by atomic mass is 10.3. The number of carbonyl (C=O) groups excluding carboxylic acids is 1. The fraction of sp³-hybridized carbons (Fsp3) is 0.300. The number of fused-ring (bicyclic) bond motifs is 1. The van der Waals surface area contributed by atoms with E-state index in [-0.39, 0.29) is 21.5 Å². The number of hydrogen-bond donors (Lipinski definition) is 1. The van der Waals surface area contributed by atoms with Crippen LogP contribution in [0.4, 0.5) is 5.69 Å². The van der Waals surface area contributed by atoms with E-state index in [4.69, 9.17) is 11.6 Å². The number of thiazole rings is 1. The van der Waals surface area contributed by atoms with Crippen molar-refractivity contribution >= 4 is 66.5 Å². The van der Waals surface area contributed by atoms with Crippen LogP contribution in [0.2, 0.25) is 5.02 Å². The molecule has 1 N–H and O–H groups in total. The highest BCUT2D eigenvalue weighted by Gasteiger charge is 2.24. The van der Waals surface area contributed by atoms with Gasteiger partial charge in [-0.15, -0.1) is 11.3 Å². The third-order valence-electron chi connectivity index (χ3n) is 4.46. The predicted octanol–water partition coefficient (Wildman–Crippen LogP) is 5.10. The van der Waals surface area contributed by atoms with Gasteiger partial charge in [-0.25, -0.2) is 13.4 Å². The molecular formula is C20H22ClN3O3S3. The lowest BCUT2D eigenvalue weighted by Gasteiger charge is -2.19. The molecule has 1 unspecified atom stereocenters. The van der Waals surface area contributed by atoms with E-state index in [0.717, 1.165) is 14.6 Å². The molecule has 0 radical (unpaired) electrons. The molecular weight excluding hydrogens is 462 g/mol. The second-order valence-corrected chi connectivity index (χ2v) is 11.4. The van der Waals surface area contributed by atoms with Gasteiger partial charge in [-0.1, -0.05) is 49.3 Å². The van der Waals surface area contributed by atoms with E-state index in [0.29, 0.717) is 13.1 Å². The van der Waals surface area contributed by atoms with Crippen LogP contribution in [-0.4, -0.2) is 42.0 Å². The number of sulfonamides is 1. The van der Waals surface area contributed by atoms with E-state index in [1.807, 2.05) is 24.3 Å². The van der Waals surface area contributed by atoms with Gasteiger partial charge >= 0.3 is 0 Å². The summed E-state index contributed by atoms with van der Waals surface area (Å²) in [6.45, 7) is 6.05. The van der Waals surface area contributed by atoms with Crippen molar-refractivity contribution in [3.8, 4) is 0 Å². The van der Waals surface area contributed by atoms with Crippen LogP contribution in [0.25, 0.3) is 10.2 Å². The van der Waals surface area contributed by atoms with Crippen molar-refractivity contribution in [3.63, 3.8) is 0 Å². The van der Waals surface area contributed by atoms with E-state index in [2.05, 4.69) is 10.3 Å². The first-order valence-electron chi connectivity index (χ1n) is 9.39. The fourth-order valence-electron chi connectivity index (χ4n) is 2.81. The van der Waals surface area contributed by atoms with Crippen molar-refractivity contribution in [2.75, 3.05) is 18.4 Å². The molecule has 1 heterocycles. The third kappa shape index (κ3) is 4.97. The number of halogens is 1. The lowest BCUT2D eigenvalue weighted by Crippen LogP contribution is -2.30. The molecule has 1 atom stereocenters. The molecule has 160 valence electrons. The van der Waals surface area contributed by atoms with Crippen molar-refractivity contribution < 1.29 is 13.2 Å². The minimum Gasteiger partial charge on any atom is -0.324 e. The van der Waals surface area contributed by atoms with Crippen LogP contribution in [0, 0.1) is 0 Å². The number of amides is 1. The van der Waals surface area contributed by atoms with Crippen LogP contribution in [0.1, 0.15) is 20.8 Å². The van der Waals surface area contributed by atoms with Gasteiger partial charge in [0.2, 0.25) is 15.9 Å². The number of para-hydroxylation sites is 1. The number of thioether (sulfide) groups is 1. The average molecular weight is 484 g/mol. The summed E-state index contributed by atoms with van der Waals surface area (Å²) < 4.78 is 28.7. The Kier molecular flexibility index (Phi) is 7.41. The molecule has 30 heavy (non-hydrogen) atoms. The van der Waals surface area contributed by atoms with Crippen molar-refractivity contribution in [2.24, 2.45) is 0 Å². The summed E-state index contributed by atoms with van der Waals surface area (Å²) >= 11 is 9.09. The van der Waals surface area contributed by atoms with Gasteiger partial charge in [0.1, 0.15) is 0 Å². The molecule has 10 heteroatoms. The maximum absolute atomic E-state index is 12.8. The largest absolute Gasteiger partial charge is 0.324 e. The highest BCUT2D eigenvalue weighted by Crippen LogP contribution is 2.33. The van der Waals surface area contributed by atoms with Gasteiger partial charge in [0, 0.05) is 13.1 Å². The lowest BCUT2D eigenvalue weighted by molar-refractivity contribution is -0.115. The maximum Gasteiger partial charge on any atom is 0.243 e. The molecule has 3 rings (SSSR count). The molecule has 0 spiro atoms. The first-order valence-corrected chi connectivity index (χ1v) is 12.9. The van der Waals surface area contributed by atoms with Gasteiger partial charge < -0.3 is 5.32 Å². The van der Waals surface area contributed by atoms with E-state index >= 15 is 0 Å². The summed E-state index contributed by atoms with van der Waals surface area (Å²) in [5.74, 6) is -0.279. The number of carbonyl (C=O) groups is 1. The van der Waals surface area contributed by atoms with Crippen molar-refractivity contribution in [2.45, 2.75) is 35.3 Å². The number of aromatic nitrogens is 1. The topological polar surface area (TPSA) is 79.4 Å². The second-order valence-electron chi connectivity index (χ2n) is 6.43. The van der Waals surface area contributed by atoms with E-state index in [9.17, 15) is 13.2 Å². The number of nitrogens with zero attached hydrogens (tertiary/aromatic N) is 2. The standard InChI is InChI=1S/C20H22ClN3O3S3/c1-4-24(5-2)30(26,27)14-10-11-15(21)17(12-14)22-19(25)13(3)28-20-23-16-8-6-7-9-18(16)29-20/h6-13H,4-5H2,1-3H3,(H,22,25). The number of hydrogen-bond acceptors (Lipinski definition) is 6. The van der Waals surface area contributed by atoms with Crippen molar-refractivity contribution in [1.29, 1.82) is 0 Å². The maximum atomic E-state index is 12.8. The van der Waals surface area contributed by atoms with Gasteiger partial charge in [-0.2, -0.15) is 4.31 Å². The van der Waals surface area contributed by atoms with Gasteiger partial charge in [-0.05, 0) is 37.3 Å². The normalized spacial score (nSPS) is 13.0. The Morgan fingerprint density at radius 2 is 1.93 bits per heavy atom. The summed E-state index contributed by atoms with van der Waals surface area (Å²) in [6.07, 6.45) is 0. The van der Waals surface area contributed by atoms with Crippen LogP contribution in [0.15, 0.2) is 51.7 Å². The Hall–Kier alpha value is -1.65. The molecule has 0 fully saturated rings. The minimum absolute atomic E-state index is 0.0948. The second kappa shape index (κ2) is 9.65. The molecule has 0 bridgehead atoms. The Morgan fingerprint density at radius 3 is 2.60 bits per heavy atom. The molecule has 0 aliphatic heterocycles. The quantitative estimate of drug-likeness (QED) is 0.451. The molecule has 6 nitrogen and oxygen atoms in total. The Balaban J connectivity index is 1.77. The monoisotopic (exact) mass is 483 g/mol. The molecule has 2 aromatic carbocycles. The zero-order valence-electron chi connectivity index (χ0n) is 16.8. The summed E-state index contributed by atoms with van der Waals surface area (Å²) in [4.78, 5) is 17.3. The highest BCUT2D eigenvalue weighted by molar-refractivity contribution is 8.02. The van der Waals surface area contributed by atoms with E-state index in [1.54, 1.807) is 20.8 Å². The first kappa shape index (κ1) is 23.0. The molecule has 1 aromatic heterocycles. The van der Waals surface area contributed by atoms with E-state index < -0.39 is 15.3 Å². The zero-order chi connectivity index (χ0) is 21.9. The van der Waals surface area contributed by atoms with Crippen molar-refractivity contribution in [3.05, 3.63) is 47.5 Å². The predicted molar refractivity (Wildman–Crippen MR) is 125 cm³/mol. The summed E-state index contributed by atoms with van der Waals surface area (Å²) in [6, 6.07) is 12.1. The third-order valence-corrected chi connectivity index (χ3v) is 9.07. The fourth-order valence-corrected chi connectivity index (χ4v) is 6.67. The SMILES string of the molecule is CCN(CC)S(=O)(=O)c1ccc(Cl)c(NC(=O)C(C)Sc2nc3ccccc3s2)c1. The van der Waals surface area contributed by atoms with Crippen LogP contribution >= 0.6 is 34.7 Å². The zero-order valence-corrected chi connectivity index (χ0v) is 20.0. The van der Waals surface area contributed by atoms with Crippen molar-refractivity contribution in [1.82, 2.24) is 9.29 Å². The highest BCUT2D eigenvalue weighted by atomic mass is 35.5. The summed E-state index contributed by atoms with van der Waals surface area (Å²) in [5, 5.41) is 2.59. The number of benzene rings is 2. The van der Waals surface area contributed by atoms with Gasteiger partial charge in [-0.3, -0.25) is 4.79 Å². The molecule has 3 aromatic rings. The Morgan fingerprint density at radius 1 is 1.23 bits per heavy atom. The molecule has 0 saturated heterocycles. The minimum atomic E-state index is -3.65.